The van der Waals surface area contributed by atoms with Crippen LogP contribution in [0.1, 0.15) is 12.0 Å². The fraction of sp³-hybridized carbons (Fsp3) is 0.133. The summed E-state index contributed by atoms with van der Waals surface area (Å²) in [5, 5.41) is 6.01. The van der Waals surface area contributed by atoms with E-state index in [1.54, 1.807) is 36.7 Å². The number of anilines is 1. The van der Waals surface area contributed by atoms with Crippen molar-refractivity contribution in [2.75, 3.05) is 5.32 Å². The van der Waals surface area contributed by atoms with Gasteiger partial charge in [-0.1, -0.05) is 23.2 Å². The van der Waals surface area contributed by atoms with Gasteiger partial charge in [0.2, 0.25) is 11.8 Å². The second-order valence-electron chi connectivity index (χ2n) is 4.48. The van der Waals surface area contributed by atoms with Crippen LogP contribution in [0.4, 0.5) is 5.69 Å². The Kier molecular flexibility index (Phi) is 5.75. The van der Waals surface area contributed by atoms with E-state index in [-0.39, 0.29) is 12.3 Å². The molecule has 0 atom stereocenters. The first-order valence-electron chi connectivity index (χ1n) is 6.45. The molecule has 1 heterocycles. The molecule has 7 heteroatoms. The van der Waals surface area contributed by atoms with E-state index in [0.29, 0.717) is 22.3 Å². The fourth-order valence-electron chi connectivity index (χ4n) is 1.70. The molecule has 114 valence electrons. The van der Waals surface area contributed by atoms with Crippen LogP contribution in [0.15, 0.2) is 42.7 Å². The Morgan fingerprint density at radius 1 is 1.05 bits per heavy atom. The molecule has 0 bridgehead atoms. The summed E-state index contributed by atoms with van der Waals surface area (Å²) in [4.78, 5) is 27.4. The number of rotatable bonds is 5. The van der Waals surface area contributed by atoms with E-state index in [1.165, 1.54) is 6.07 Å². The standard InChI is InChI=1S/C15H13Cl2N3O2/c16-11-1-2-12(17)13(7-11)20-15(22)8-14(21)19-9-10-3-5-18-6-4-10/h1-7H,8-9H2,(H,19,21)(H,20,22). The molecule has 2 aromatic rings. The van der Waals surface area contributed by atoms with Crippen molar-refractivity contribution < 1.29 is 9.59 Å². The van der Waals surface area contributed by atoms with Crippen LogP contribution in [-0.2, 0) is 16.1 Å². The van der Waals surface area contributed by atoms with Crippen molar-refractivity contribution in [3.63, 3.8) is 0 Å². The highest BCUT2D eigenvalue weighted by Gasteiger charge is 2.11. The van der Waals surface area contributed by atoms with Gasteiger partial charge in [-0.25, -0.2) is 0 Å². The lowest BCUT2D eigenvalue weighted by Gasteiger charge is -2.08. The van der Waals surface area contributed by atoms with Gasteiger partial charge in [-0.2, -0.15) is 0 Å². The van der Waals surface area contributed by atoms with Crippen molar-refractivity contribution in [2.24, 2.45) is 0 Å². The normalized spacial score (nSPS) is 10.1. The van der Waals surface area contributed by atoms with Crippen LogP contribution in [0, 0.1) is 0 Å². The molecule has 1 aromatic carbocycles. The number of carbonyl (C=O) groups is 2. The molecule has 0 fully saturated rings. The third-order valence-corrected chi connectivity index (χ3v) is 3.33. The molecule has 0 saturated heterocycles. The Bertz CT molecular complexity index is 678. The van der Waals surface area contributed by atoms with Crippen molar-refractivity contribution in [3.05, 3.63) is 58.3 Å². The maximum Gasteiger partial charge on any atom is 0.233 e. The fourth-order valence-corrected chi connectivity index (χ4v) is 2.03. The summed E-state index contributed by atoms with van der Waals surface area (Å²) in [6.45, 7) is 0.340. The third kappa shape index (κ3) is 5.02. The average Bonchev–Trinajstić information content (AvgIpc) is 2.50. The van der Waals surface area contributed by atoms with E-state index in [4.69, 9.17) is 23.2 Å². The zero-order valence-electron chi connectivity index (χ0n) is 11.5. The molecule has 0 spiro atoms. The summed E-state index contributed by atoms with van der Waals surface area (Å²) in [6.07, 6.45) is 2.97. The van der Waals surface area contributed by atoms with Gasteiger partial charge in [0.15, 0.2) is 0 Å². The molecule has 2 rings (SSSR count). The molecule has 2 N–H and O–H groups in total. The van der Waals surface area contributed by atoms with E-state index in [2.05, 4.69) is 15.6 Å². The van der Waals surface area contributed by atoms with Gasteiger partial charge in [-0.15, -0.1) is 0 Å². The Labute approximate surface area is 137 Å². The minimum absolute atomic E-state index is 0.298. The van der Waals surface area contributed by atoms with Crippen LogP contribution >= 0.6 is 23.2 Å². The van der Waals surface area contributed by atoms with E-state index in [0.717, 1.165) is 5.56 Å². The topological polar surface area (TPSA) is 71.1 Å². The van der Waals surface area contributed by atoms with Crippen LogP contribution in [0.25, 0.3) is 0 Å². The lowest BCUT2D eigenvalue weighted by atomic mass is 10.2. The smallest absolute Gasteiger partial charge is 0.233 e. The first-order valence-corrected chi connectivity index (χ1v) is 7.20. The molecule has 0 radical (unpaired) electrons. The maximum absolute atomic E-state index is 11.8. The van der Waals surface area contributed by atoms with Crippen LogP contribution in [0.5, 0.6) is 0 Å². The molecule has 0 unspecified atom stereocenters. The summed E-state index contributed by atoms with van der Waals surface area (Å²) in [6, 6.07) is 8.28. The molecule has 22 heavy (non-hydrogen) atoms. The number of nitrogens with zero attached hydrogens (tertiary/aromatic N) is 1. The van der Waals surface area contributed by atoms with Crippen LogP contribution in [0.3, 0.4) is 0 Å². The Balaban J connectivity index is 1.84. The zero-order valence-corrected chi connectivity index (χ0v) is 13.0. The van der Waals surface area contributed by atoms with Gasteiger partial charge in [0.1, 0.15) is 6.42 Å². The number of aromatic nitrogens is 1. The maximum atomic E-state index is 11.8. The van der Waals surface area contributed by atoms with Crippen LogP contribution < -0.4 is 10.6 Å². The number of pyridine rings is 1. The van der Waals surface area contributed by atoms with E-state index >= 15 is 0 Å². The van der Waals surface area contributed by atoms with Gasteiger partial charge in [-0.3, -0.25) is 14.6 Å². The van der Waals surface area contributed by atoms with Crippen molar-refractivity contribution in [1.29, 1.82) is 0 Å². The molecular formula is C15H13Cl2N3O2. The third-order valence-electron chi connectivity index (χ3n) is 2.76. The molecule has 0 aliphatic carbocycles. The zero-order chi connectivity index (χ0) is 15.9. The van der Waals surface area contributed by atoms with Gasteiger partial charge in [0.05, 0.1) is 10.7 Å². The molecule has 1 aromatic heterocycles. The molecule has 0 saturated carbocycles. The van der Waals surface area contributed by atoms with Crippen molar-refractivity contribution in [1.82, 2.24) is 10.3 Å². The Morgan fingerprint density at radius 3 is 2.50 bits per heavy atom. The van der Waals surface area contributed by atoms with E-state index in [9.17, 15) is 9.59 Å². The van der Waals surface area contributed by atoms with Gasteiger partial charge in [-0.05, 0) is 35.9 Å². The van der Waals surface area contributed by atoms with Gasteiger partial charge >= 0.3 is 0 Å². The summed E-state index contributed by atoms with van der Waals surface area (Å²) in [5.41, 5.74) is 1.28. The number of amides is 2. The predicted molar refractivity (Wildman–Crippen MR) is 85.8 cm³/mol. The van der Waals surface area contributed by atoms with Crippen molar-refractivity contribution in [2.45, 2.75) is 13.0 Å². The lowest BCUT2D eigenvalue weighted by Crippen LogP contribution is -2.27. The summed E-state index contributed by atoms with van der Waals surface area (Å²) in [7, 11) is 0. The van der Waals surface area contributed by atoms with Crippen molar-refractivity contribution >= 4 is 40.7 Å². The lowest BCUT2D eigenvalue weighted by molar-refractivity contribution is -0.126. The van der Waals surface area contributed by atoms with Gasteiger partial charge in [0.25, 0.3) is 0 Å². The predicted octanol–water partition coefficient (Wildman–Crippen LogP) is 3.03. The molecule has 0 aliphatic rings. The summed E-state index contributed by atoms with van der Waals surface area (Å²) in [5.74, 6) is -0.844. The monoisotopic (exact) mass is 337 g/mol. The molecular weight excluding hydrogens is 325 g/mol. The number of halogens is 2. The van der Waals surface area contributed by atoms with Gasteiger partial charge in [0, 0.05) is 24.0 Å². The highest BCUT2D eigenvalue weighted by molar-refractivity contribution is 6.35. The van der Waals surface area contributed by atoms with Gasteiger partial charge < -0.3 is 10.6 Å². The van der Waals surface area contributed by atoms with E-state index in [1.807, 2.05) is 0 Å². The quantitative estimate of drug-likeness (QED) is 0.823. The number of hydrogen-bond donors (Lipinski definition) is 2. The first-order chi connectivity index (χ1) is 10.5. The van der Waals surface area contributed by atoms with Crippen molar-refractivity contribution in [3.8, 4) is 0 Å². The minimum Gasteiger partial charge on any atom is -0.352 e. The number of hydrogen-bond acceptors (Lipinski definition) is 3. The number of carbonyl (C=O) groups excluding carboxylic acids is 2. The first kappa shape index (κ1) is 16.3. The van der Waals surface area contributed by atoms with E-state index < -0.39 is 5.91 Å². The second kappa shape index (κ2) is 7.77. The minimum atomic E-state index is -0.462. The molecule has 0 aliphatic heterocycles. The number of nitrogens with one attached hydrogen (secondary N) is 2. The molecule has 2 amide bonds. The number of benzene rings is 1. The Hall–Kier alpha value is -2.11. The average molecular weight is 338 g/mol. The highest BCUT2D eigenvalue weighted by Crippen LogP contribution is 2.25. The SMILES string of the molecule is O=C(CC(=O)Nc1cc(Cl)ccc1Cl)NCc1ccncc1. The highest BCUT2D eigenvalue weighted by atomic mass is 35.5. The second-order valence-corrected chi connectivity index (χ2v) is 5.32. The van der Waals surface area contributed by atoms with Crippen LogP contribution in [-0.4, -0.2) is 16.8 Å². The summed E-state index contributed by atoms with van der Waals surface area (Å²) < 4.78 is 0. The largest absolute Gasteiger partial charge is 0.352 e. The van der Waals surface area contributed by atoms with Crippen LogP contribution in [0.2, 0.25) is 10.0 Å². The molecule has 5 nitrogen and oxygen atoms in total. The Morgan fingerprint density at radius 2 is 1.77 bits per heavy atom. The summed E-state index contributed by atoms with van der Waals surface area (Å²) >= 11 is 11.8.